The van der Waals surface area contributed by atoms with Gasteiger partial charge in [-0.3, -0.25) is 0 Å². The predicted octanol–water partition coefficient (Wildman–Crippen LogP) is 1.71. The van der Waals surface area contributed by atoms with Gasteiger partial charge in [-0.05, 0) is 24.6 Å². The molecule has 0 fully saturated rings. The average Bonchev–Trinajstić information content (AvgIpc) is 2.17. The number of benzene rings is 1. The highest BCUT2D eigenvalue weighted by Gasteiger charge is 2.03. The highest BCUT2D eigenvalue weighted by molar-refractivity contribution is 5.60. The van der Waals surface area contributed by atoms with Crippen molar-refractivity contribution >= 4 is 6.08 Å². The highest BCUT2D eigenvalue weighted by atomic mass is 16.5. The van der Waals surface area contributed by atoms with Crippen molar-refractivity contribution < 1.29 is 14.9 Å². The number of aliphatic hydroxyl groups excluding tert-OH is 1. The monoisotopic (exact) mass is 194 g/mol. The van der Waals surface area contributed by atoms with Crippen LogP contribution in [0.4, 0.5) is 0 Å². The minimum atomic E-state index is -0.0460. The van der Waals surface area contributed by atoms with Crippen LogP contribution in [-0.4, -0.2) is 23.9 Å². The first kappa shape index (κ1) is 10.6. The Hall–Kier alpha value is -1.48. The number of ether oxygens (including phenoxy) is 1. The molecule has 1 aromatic carbocycles. The van der Waals surface area contributed by atoms with E-state index in [2.05, 4.69) is 0 Å². The summed E-state index contributed by atoms with van der Waals surface area (Å²) in [5.74, 6) is 0.911. The van der Waals surface area contributed by atoms with E-state index in [1.165, 1.54) is 0 Å². The molecule has 0 radical (unpaired) electrons. The third kappa shape index (κ3) is 2.26. The first-order valence-corrected chi connectivity index (χ1v) is 4.34. The number of phenols is 1. The Kier molecular flexibility index (Phi) is 3.54. The lowest BCUT2D eigenvalue weighted by Gasteiger charge is -2.07. The van der Waals surface area contributed by atoms with Crippen molar-refractivity contribution in [3.8, 4) is 11.5 Å². The molecule has 3 nitrogen and oxygen atoms in total. The molecule has 76 valence electrons. The summed E-state index contributed by atoms with van der Waals surface area (Å²) in [5, 5.41) is 18.1. The van der Waals surface area contributed by atoms with Gasteiger partial charge in [0.1, 0.15) is 11.5 Å². The third-order valence-electron chi connectivity index (χ3n) is 1.95. The number of hydrogen-bond acceptors (Lipinski definition) is 3. The van der Waals surface area contributed by atoms with Gasteiger partial charge >= 0.3 is 0 Å². The second-order valence-electron chi connectivity index (χ2n) is 2.97. The quantitative estimate of drug-likeness (QED) is 0.770. The molecular weight excluding hydrogens is 180 g/mol. The summed E-state index contributed by atoms with van der Waals surface area (Å²) in [4.78, 5) is 0. The van der Waals surface area contributed by atoms with Crippen molar-refractivity contribution in [3.63, 3.8) is 0 Å². The van der Waals surface area contributed by atoms with Crippen LogP contribution in [-0.2, 0) is 0 Å². The molecule has 0 spiro atoms. The summed E-state index contributed by atoms with van der Waals surface area (Å²) in [5.41, 5.74) is 1.52. The van der Waals surface area contributed by atoms with Crippen LogP contribution in [0, 0.1) is 6.92 Å². The summed E-state index contributed by atoms with van der Waals surface area (Å²) in [6.07, 6.45) is 3.21. The fraction of sp³-hybridized carbons (Fsp3) is 0.273. The van der Waals surface area contributed by atoms with Gasteiger partial charge in [-0.25, -0.2) is 0 Å². The van der Waals surface area contributed by atoms with E-state index in [0.717, 1.165) is 11.3 Å². The van der Waals surface area contributed by atoms with Crippen LogP contribution in [0.25, 0.3) is 6.08 Å². The van der Waals surface area contributed by atoms with Gasteiger partial charge in [0.25, 0.3) is 0 Å². The summed E-state index contributed by atoms with van der Waals surface area (Å²) >= 11 is 0. The minimum absolute atomic E-state index is 0.0460. The van der Waals surface area contributed by atoms with Gasteiger partial charge in [-0.1, -0.05) is 12.2 Å². The molecule has 0 aliphatic heterocycles. The summed E-state index contributed by atoms with van der Waals surface area (Å²) in [6.45, 7) is 1.81. The number of methoxy groups -OCH3 is 1. The second-order valence-corrected chi connectivity index (χ2v) is 2.97. The first-order chi connectivity index (χ1) is 6.69. The van der Waals surface area contributed by atoms with Crippen LogP contribution in [0.1, 0.15) is 11.1 Å². The van der Waals surface area contributed by atoms with Crippen molar-refractivity contribution in [2.24, 2.45) is 0 Å². The molecule has 0 aliphatic rings. The molecule has 0 aliphatic carbocycles. The second kappa shape index (κ2) is 4.67. The SMILES string of the molecule is COc1cc(/C=C/CO)c(O)cc1C. The van der Waals surface area contributed by atoms with Crippen molar-refractivity contribution in [3.05, 3.63) is 29.3 Å². The molecule has 2 N–H and O–H groups in total. The van der Waals surface area contributed by atoms with Crippen molar-refractivity contribution in [2.45, 2.75) is 6.92 Å². The lowest BCUT2D eigenvalue weighted by molar-refractivity contribution is 0.343. The number of rotatable bonds is 3. The largest absolute Gasteiger partial charge is 0.507 e. The molecular formula is C11H14O3. The molecule has 3 heteroatoms. The lowest BCUT2D eigenvalue weighted by atomic mass is 10.1. The van der Waals surface area contributed by atoms with Gasteiger partial charge in [0.15, 0.2) is 0 Å². The molecule has 0 heterocycles. The van der Waals surface area contributed by atoms with Crippen molar-refractivity contribution in [1.82, 2.24) is 0 Å². The molecule has 0 amide bonds. The van der Waals surface area contributed by atoms with Gasteiger partial charge in [-0.15, -0.1) is 0 Å². The Balaban J connectivity index is 3.10. The van der Waals surface area contributed by atoms with Crippen molar-refractivity contribution in [1.29, 1.82) is 0 Å². The van der Waals surface area contributed by atoms with E-state index < -0.39 is 0 Å². The topological polar surface area (TPSA) is 49.7 Å². The molecule has 14 heavy (non-hydrogen) atoms. The first-order valence-electron chi connectivity index (χ1n) is 4.34. The number of aryl methyl sites for hydroxylation is 1. The van der Waals surface area contributed by atoms with E-state index in [1.54, 1.807) is 31.4 Å². The van der Waals surface area contributed by atoms with E-state index in [9.17, 15) is 5.11 Å². The highest BCUT2D eigenvalue weighted by Crippen LogP contribution is 2.28. The summed E-state index contributed by atoms with van der Waals surface area (Å²) < 4.78 is 5.11. The Morgan fingerprint density at radius 3 is 2.71 bits per heavy atom. The smallest absolute Gasteiger partial charge is 0.123 e. The lowest BCUT2D eigenvalue weighted by Crippen LogP contribution is -1.88. The maximum absolute atomic E-state index is 9.55. The zero-order valence-corrected chi connectivity index (χ0v) is 8.32. The van der Waals surface area contributed by atoms with Crippen LogP contribution in [0.15, 0.2) is 18.2 Å². The maximum Gasteiger partial charge on any atom is 0.123 e. The number of phenolic OH excluding ortho intramolecular Hbond substituents is 1. The Bertz CT molecular complexity index is 343. The van der Waals surface area contributed by atoms with Gasteiger partial charge in [-0.2, -0.15) is 0 Å². The normalized spacial score (nSPS) is 10.8. The molecule has 0 saturated carbocycles. The Labute approximate surface area is 83.3 Å². The Morgan fingerprint density at radius 1 is 1.43 bits per heavy atom. The van der Waals surface area contributed by atoms with E-state index >= 15 is 0 Å². The van der Waals surface area contributed by atoms with Gasteiger partial charge < -0.3 is 14.9 Å². The number of aromatic hydroxyl groups is 1. The fourth-order valence-corrected chi connectivity index (χ4v) is 1.22. The molecule has 1 aromatic rings. The number of hydrogen-bond donors (Lipinski definition) is 2. The van der Waals surface area contributed by atoms with Gasteiger partial charge in [0.2, 0.25) is 0 Å². The molecule has 0 unspecified atom stereocenters. The molecule has 0 bridgehead atoms. The Morgan fingerprint density at radius 2 is 2.14 bits per heavy atom. The van der Waals surface area contributed by atoms with Crippen LogP contribution < -0.4 is 4.74 Å². The van der Waals surface area contributed by atoms with Crippen LogP contribution >= 0.6 is 0 Å². The molecule has 0 saturated heterocycles. The fourth-order valence-electron chi connectivity index (χ4n) is 1.22. The molecule has 0 atom stereocenters. The standard InChI is InChI=1S/C11H14O3/c1-8-6-10(13)9(4-3-5-12)7-11(8)14-2/h3-4,6-7,12-13H,5H2,1-2H3/b4-3+. The van der Waals surface area contributed by atoms with Crippen LogP contribution in [0.5, 0.6) is 11.5 Å². The zero-order valence-electron chi connectivity index (χ0n) is 8.32. The van der Waals surface area contributed by atoms with Crippen molar-refractivity contribution in [2.75, 3.05) is 13.7 Å². The van der Waals surface area contributed by atoms with E-state index in [4.69, 9.17) is 9.84 Å². The van der Waals surface area contributed by atoms with E-state index in [-0.39, 0.29) is 12.4 Å². The van der Waals surface area contributed by atoms with Crippen LogP contribution in [0.3, 0.4) is 0 Å². The van der Waals surface area contributed by atoms with E-state index in [0.29, 0.717) is 5.56 Å². The molecule has 1 rings (SSSR count). The predicted molar refractivity (Wildman–Crippen MR) is 55.5 cm³/mol. The average molecular weight is 194 g/mol. The maximum atomic E-state index is 9.55. The third-order valence-corrected chi connectivity index (χ3v) is 1.95. The summed E-state index contributed by atoms with van der Waals surface area (Å²) in [7, 11) is 1.58. The minimum Gasteiger partial charge on any atom is -0.507 e. The summed E-state index contributed by atoms with van der Waals surface area (Å²) in [6, 6.07) is 3.37. The number of aliphatic hydroxyl groups is 1. The molecule has 0 aromatic heterocycles. The zero-order chi connectivity index (χ0) is 10.6. The van der Waals surface area contributed by atoms with Gasteiger partial charge in [0.05, 0.1) is 13.7 Å². The van der Waals surface area contributed by atoms with Gasteiger partial charge in [0, 0.05) is 5.56 Å². The van der Waals surface area contributed by atoms with Crippen LogP contribution in [0.2, 0.25) is 0 Å². The van der Waals surface area contributed by atoms with E-state index in [1.807, 2.05) is 6.92 Å².